The summed E-state index contributed by atoms with van der Waals surface area (Å²) in [5.74, 6) is 0. The van der Waals surface area contributed by atoms with Gasteiger partial charge in [-0.3, -0.25) is 0 Å². The maximum absolute atomic E-state index is 2.35. The molecule has 0 saturated carbocycles. The Labute approximate surface area is 166 Å². The fourth-order valence-corrected chi connectivity index (χ4v) is 4.17. The van der Waals surface area contributed by atoms with Crippen LogP contribution in [0.3, 0.4) is 0 Å². The van der Waals surface area contributed by atoms with Crippen molar-refractivity contribution in [2.75, 3.05) is 0 Å². The van der Waals surface area contributed by atoms with Crippen LogP contribution in [0.1, 0.15) is 16.7 Å². The van der Waals surface area contributed by atoms with Gasteiger partial charge in [-0.15, -0.1) is 0 Å². The summed E-state index contributed by atoms with van der Waals surface area (Å²) in [5, 5.41) is 5.24. The molecule has 0 fully saturated rings. The first kappa shape index (κ1) is 16.8. The molecule has 5 aromatic carbocycles. The highest BCUT2D eigenvalue weighted by atomic mass is 14.1. The van der Waals surface area contributed by atoms with Crippen molar-refractivity contribution in [3.8, 4) is 11.1 Å². The molecule has 0 spiro atoms. The zero-order chi connectivity index (χ0) is 18.9. The molecule has 5 rings (SSSR count). The van der Waals surface area contributed by atoms with Crippen LogP contribution in [0, 0.1) is 6.92 Å². The van der Waals surface area contributed by atoms with Crippen molar-refractivity contribution >= 4 is 21.5 Å². The molecule has 5 aromatic rings. The Morgan fingerprint density at radius 3 is 2.14 bits per heavy atom. The van der Waals surface area contributed by atoms with E-state index < -0.39 is 0 Å². The molecule has 0 heteroatoms. The zero-order valence-corrected chi connectivity index (χ0v) is 16.0. The minimum Gasteiger partial charge on any atom is -0.0620 e. The SMILES string of the molecule is Cc1ccccc1Cc1cccc(-c2cc3ccccc3c3ccccc23)c1. The summed E-state index contributed by atoms with van der Waals surface area (Å²) in [6, 6.07) is 37.4. The lowest BCUT2D eigenvalue weighted by Crippen LogP contribution is -1.92. The predicted octanol–water partition coefficient (Wildman–Crippen LogP) is 7.56. The van der Waals surface area contributed by atoms with Crippen LogP contribution in [0.5, 0.6) is 0 Å². The smallest absolute Gasteiger partial charge is 0.00229 e. The van der Waals surface area contributed by atoms with Crippen molar-refractivity contribution in [3.63, 3.8) is 0 Å². The van der Waals surface area contributed by atoms with Gasteiger partial charge in [0.05, 0.1) is 0 Å². The van der Waals surface area contributed by atoms with Crippen molar-refractivity contribution in [1.29, 1.82) is 0 Å². The van der Waals surface area contributed by atoms with E-state index in [-0.39, 0.29) is 0 Å². The Hall–Kier alpha value is -3.38. The highest BCUT2D eigenvalue weighted by Crippen LogP contribution is 2.35. The summed E-state index contributed by atoms with van der Waals surface area (Å²) < 4.78 is 0. The van der Waals surface area contributed by atoms with Gasteiger partial charge in [0.2, 0.25) is 0 Å². The first-order valence-electron chi connectivity index (χ1n) is 9.84. The van der Waals surface area contributed by atoms with Crippen LogP contribution in [0.15, 0.2) is 103 Å². The van der Waals surface area contributed by atoms with Crippen molar-refractivity contribution in [2.24, 2.45) is 0 Å². The van der Waals surface area contributed by atoms with Gasteiger partial charge in [0, 0.05) is 0 Å². The Kier molecular flexibility index (Phi) is 4.18. The van der Waals surface area contributed by atoms with E-state index in [1.165, 1.54) is 49.4 Å². The standard InChI is InChI=1S/C28H22/c1-20-9-2-3-11-22(20)17-21-10-8-13-23(18-21)28-19-24-12-4-5-14-25(24)26-15-6-7-16-27(26)28/h2-16,18-19H,17H2,1H3. The van der Waals surface area contributed by atoms with Crippen LogP contribution in [-0.4, -0.2) is 0 Å². The lowest BCUT2D eigenvalue weighted by molar-refractivity contribution is 1.16. The molecular weight excluding hydrogens is 336 g/mol. The number of hydrogen-bond donors (Lipinski definition) is 0. The van der Waals surface area contributed by atoms with Gasteiger partial charge in [-0.2, -0.15) is 0 Å². The van der Waals surface area contributed by atoms with Gasteiger partial charge in [-0.25, -0.2) is 0 Å². The summed E-state index contributed by atoms with van der Waals surface area (Å²) >= 11 is 0. The molecule has 0 N–H and O–H groups in total. The molecule has 0 radical (unpaired) electrons. The Morgan fingerprint density at radius 2 is 1.29 bits per heavy atom. The van der Waals surface area contributed by atoms with Crippen LogP contribution in [0.25, 0.3) is 32.7 Å². The second-order valence-corrected chi connectivity index (χ2v) is 7.49. The maximum Gasteiger partial charge on any atom is -0.00229 e. The van der Waals surface area contributed by atoms with E-state index in [1.54, 1.807) is 0 Å². The summed E-state index contributed by atoms with van der Waals surface area (Å²) in [6.45, 7) is 2.19. The molecule has 0 nitrogen and oxygen atoms in total. The molecule has 0 aliphatic heterocycles. The first-order valence-corrected chi connectivity index (χ1v) is 9.84. The van der Waals surface area contributed by atoms with Crippen molar-refractivity contribution in [3.05, 3.63) is 120 Å². The monoisotopic (exact) mass is 358 g/mol. The van der Waals surface area contributed by atoms with Crippen molar-refractivity contribution in [2.45, 2.75) is 13.3 Å². The summed E-state index contributed by atoms with van der Waals surface area (Å²) in [6.07, 6.45) is 0.964. The first-order chi connectivity index (χ1) is 13.8. The predicted molar refractivity (Wildman–Crippen MR) is 121 cm³/mol. The van der Waals surface area contributed by atoms with Crippen LogP contribution in [0.4, 0.5) is 0 Å². The van der Waals surface area contributed by atoms with E-state index in [4.69, 9.17) is 0 Å². The number of hydrogen-bond acceptors (Lipinski definition) is 0. The third-order valence-corrected chi connectivity index (χ3v) is 5.66. The fourth-order valence-electron chi connectivity index (χ4n) is 4.17. The average Bonchev–Trinajstić information content (AvgIpc) is 2.75. The Bertz CT molecular complexity index is 1290. The van der Waals surface area contributed by atoms with E-state index in [1.807, 2.05) is 0 Å². The highest BCUT2D eigenvalue weighted by Gasteiger charge is 2.09. The van der Waals surface area contributed by atoms with Gasteiger partial charge in [0.1, 0.15) is 0 Å². The molecule has 0 bridgehead atoms. The molecule has 0 aliphatic rings. The number of aryl methyl sites for hydroxylation is 1. The minimum absolute atomic E-state index is 0.964. The molecule has 0 atom stereocenters. The Balaban J connectivity index is 1.67. The van der Waals surface area contributed by atoms with Crippen LogP contribution in [-0.2, 0) is 6.42 Å². The van der Waals surface area contributed by atoms with E-state index in [0.29, 0.717) is 0 Å². The van der Waals surface area contributed by atoms with Crippen molar-refractivity contribution < 1.29 is 0 Å². The highest BCUT2D eigenvalue weighted by molar-refractivity contribution is 6.13. The summed E-state index contributed by atoms with van der Waals surface area (Å²) in [5.41, 5.74) is 6.69. The van der Waals surface area contributed by atoms with Gasteiger partial charge >= 0.3 is 0 Å². The van der Waals surface area contributed by atoms with Crippen molar-refractivity contribution in [1.82, 2.24) is 0 Å². The number of fused-ring (bicyclic) bond motifs is 3. The van der Waals surface area contributed by atoms with Gasteiger partial charge in [0.25, 0.3) is 0 Å². The molecule has 28 heavy (non-hydrogen) atoms. The molecule has 0 aromatic heterocycles. The molecule has 0 saturated heterocycles. The second kappa shape index (κ2) is 6.98. The normalized spacial score (nSPS) is 11.2. The molecule has 0 aliphatic carbocycles. The number of rotatable bonds is 3. The van der Waals surface area contributed by atoms with Crippen LogP contribution < -0.4 is 0 Å². The molecule has 0 heterocycles. The third kappa shape index (κ3) is 2.97. The molecule has 0 unspecified atom stereocenters. The lowest BCUT2D eigenvalue weighted by Gasteiger charge is -2.12. The Morgan fingerprint density at radius 1 is 0.571 bits per heavy atom. The van der Waals surface area contributed by atoms with Gasteiger partial charge in [0.15, 0.2) is 0 Å². The van der Waals surface area contributed by atoms with Crippen LogP contribution in [0.2, 0.25) is 0 Å². The maximum atomic E-state index is 2.35. The largest absolute Gasteiger partial charge is 0.0620 e. The second-order valence-electron chi connectivity index (χ2n) is 7.49. The quantitative estimate of drug-likeness (QED) is 0.292. The van der Waals surface area contributed by atoms with Crippen LogP contribution >= 0.6 is 0 Å². The van der Waals surface area contributed by atoms with E-state index in [0.717, 1.165) is 6.42 Å². The van der Waals surface area contributed by atoms with Gasteiger partial charge in [-0.1, -0.05) is 97.1 Å². The van der Waals surface area contributed by atoms with E-state index in [9.17, 15) is 0 Å². The molecule has 134 valence electrons. The topological polar surface area (TPSA) is 0 Å². The third-order valence-electron chi connectivity index (χ3n) is 5.66. The average molecular weight is 358 g/mol. The number of benzene rings is 5. The fraction of sp³-hybridized carbons (Fsp3) is 0.0714. The molecule has 0 amide bonds. The van der Waals surface area contributed by atoms with E-state index >= 15 is 0 Å². The summed E-state index contributed by atoms with van der Waals surface area (Å²) in [4.78, 5) is 0. The zero-order valence-electron chi connectivity index (χ0n) is 16.0. The molecular formula is C28H22. The summed E-state index contributed by atoms with van der Waals surface area (Å²) in [7, 11) is 0. The minimum atomic E-state index is 0.964. The lowest BCUT2D eigenvalue weighted by atomic mass is 9.91. The van der Waals surface area contributed by atoms with Gasteiger partial charge in [-0.05, 0) is 68.8 Å². The van der Waals surface area contributed by atoms with Gasteiger partial charge < -0.3 is 0 Å². The van der Waals surface area contributed by atoms with E-state index in [2.05, 4.69) is 110 Å².